The van der Waals surface area contributed by atoms with Crippen LogP contribution in [0.5, 0.6) is 0 Å². The molecule has 1 aliphatic rings. The molecule has 0 aliphatic carbocycles. The van der Waals surface area contributed by atoms with Gasteiger partial charge in [-0.15, -0.1) is 0 Å². The second-order valence-corrected chi connectivity index (χ2v) is 6.07. The Morgan fingerprint density at radius 1 is 1.42 bits per heavy atom. The fourth-order valence-corrected chi connectivity index (χ4v) is 2.36. The molecule has 5 nitrogen and oxygen atoms in total. The second kappa shape index (κ2) is 7.36. The Morgan fingerprint density at radius 2 is 2.00 bits per heavy atom. The molecule has 0 aromatic heterocycles. The predicted octanol–water partition coefficient (Wildman–Crippen LogP) is 2.12. The van der Waals surface area contributed by atoms with Crippen LogP contribution in [0.25, 0.3) is 0 Å². The Morgan fingerprint density at radius 3 is 2.47 bits per heavy atom. The Balaban J connectivity index is 2.56. The van der Waals surface area contributed by atoms with Crippen molar-refractivity contribution in [1.82, 2.24) is 9.80 Å². The normalized spacial score (nSPS) is 16.7. The fourth-order valence-electron chi connectivity index (χ4n) is 2.36. The lowest BCUT2D eigenvalue weighted by Crippen LogP contribution is -2.48. The average Bonchev–Trinajstić information content (AvgIpc) is 2.34. The maximum Gasteiger partial charge on any atom is 0.320 e. The maximum absolute atomic E-state index is 12.5. The van der Waals surface area contributed by atoms with E-state index in [2.05, 4.69) is 20.8 Å². The molecular weight excluding hydrogens is 240 g/mol. The SMILES string of the molecule is CC(C)CN(CCC(=N)N)C(=O)N1CCC(C)CC1. The van der Waals surface area contributed by atoms with E-state index < -0.39 is 0 Å². The van der Waals surface area contributed by atoms with Crippen molar-refractivity contribution in [2.75, 3.05) is 26.2 Å². The summed E-state index contributed by atoms with van der Waals surface area (Å²) < 4.78 is 0. The molecule has 0 radical (unpaired) electrons. The van der Waals surface area contributed by atoms with Gasteiger partial charge in [0, 0.05) is 32.6 Å². The van der Waals surface area contributed by atoms with Crippen LogP contribution in [0.1, 0.15) is 40.0 Å². The molecule has 1 aliphatic heterocycles. The largest absolute Gasteiger partial charge is 0.388 e. The molecule has 0 aromatic carbocycles. The van der Waals surface area contributed by atoms with Crippen LogP contribution in [0.4, 0.5) is 4.79 Å². The monoisotopic (exact) mass is 268 g/mol. The smallest absolute Gasteiger partial charge is 0.320 e. The number of carbonyl (C=O) groups is 1. The first-order valence-corrected chi connectivity index (χ1v) is 7.27. The van der Waals surface area contributed by atoms with Crippen molar-refractivity contribution < 1.29 is 4.79 Å². The van der Waals surface area contributed by atoms with Gasteiger partial charge in [0.15, 0.2) is 0 Å². The summed E-state index contributed by atoms with van der Waals surface area (Å²) in [6.07, 6.45) is 2.64. The van der Waals surface area contributed by atoms with Gasteiger partial charge in [-0.25, -0.2) is 4.79 Å². The highest BCUT2D eigenvalue weighted by Gasteiger charge is 2.25. The molecule has 3 N–H and O–H groups in total. The van der Waals surface area contributed by atoms with Crippen LogP contribution < -0.4 is 5.73 Å². The van der Waals surface area contributed by atoms with E-state index in [1.165, 1.54) is 0 Å². The number of nitrogens with zero attached hydrogens (tertiary/aromatic N) is 2. The van der Waals surface area contributed by atoms with Gasteiger partial charge in [0.2, 0.25) is 0 Å². The third kappa shape index (κ3) is 5.49. The predicted molar refractivity (Wildman–Crippen MR) is 78.3 cm³/mol. The number of likely N-dealkylation sites (tertiary alicyclic amines) is 1. The van der Waals surface area contributed by atoms with Gasteiger partial charge in [-0.1, -0.05) is 20.8 Å². The lowest BCUT2D eigenvalue weighted by Gasteiger charge is -2.35. The molecule has 0 unspecified atom stereocenters. The first-order chi connectivity index (χ1) is 8.90. The molecule has 1 rings (SSSR count). The topological polar surface area (TPSA) is 73.4 Å². The van der Waals surface area contributed by atoms with Crippen LogP contribution in [0, 0.1) is 17.2 Å². The minimum absolute atomic E-state index is 0.113. The molecular formula is C14H28N4O. The molecule has 110 valence electrons. The molecule has 1 fully saturated rings. The number of urea groups is 1. The van der Waals surface area contributed by atoms with Crippen LogP contribution >= 0.6 is 0 Å². The van der Waals surface area contributed by atoms with E-state index in [1.54, 1.807) is 0 Å². The number of amidine groups is 1. The molecule has 0 atom stereocenters. The number of nitrogens with two attached hydrogens (primary N) is 1. The summed E-state index contributed by atoms with van der Waals surface area (Å²) in [5.41, 5.74) is 5.40. The summed E-state index contributed by atoms with van der Waals surface area (Å²) in [4.78, 5) is 16.3. The van der Waals surface area contributed by atoms with Gasteiger partial charge >= 0.3 is 6.03 Å². The van der Waals surface area contributed by atoms with Crippen molar-refractivity contribution in [2.45, 2.75) is 40.0 Å². The number of amides is 2. The molecule has 1 heterocycles. The maximum atomic E-state index is 12.5. The van der Waals surface area contributed by atoms with Crippen molar-refractivity contribution in [3.05, 3.63) is 0 Å². The average molecular weight is 268 g/mol. The first-order valence-electron chi connectivity index (χ1n) is 7.27. The summed E-state index contributed by atoms with van der Waals surface area (Å²) in [5, 5.41) is 7.31. The summed E-state index contributed by atoms with van der Waals surface area (Å²) in [6.45, 7) is 9.45. The number of hydrogen-bond donors (Lipinski definition) is 2. The quantitative estimate of drug-likeness (QED) is 0.592. The van der Waals surface area contributed by atoms with Gasteiger partial charge in [0.1, 0.15) is 0 Å². The first kappa shape index (κ1) is 15.8. The second-order valence-electron chi connectivity index (χ2n) is 6.07. The molecule has 19 heavy (non-hydrogen) atoms. The zero-order chi connectivity index (χ0) is 14.4. The van der Waals surface area contributed by atoms with E-state index in [0.29, 0.717) is 18.9 Å². The number of hydrogen-bond acceptors (Lipinski definition) is 2. The van der Waals surface area contributed by atoms with Crippen molar-refractivity contribution in [3.8, 4) is 0 Å². The third-order valence-corrected chi connectivity index (χ3v) is 3.56. The molecule has 0 aromatic rings. The van der Waals surface area contributed by atoms with Crippen LogP contribution in [-0.4, -0.2) is 47.8 Å². The van der Waals surface area contributed by atoms with E-state index in [0.717, 1.165) is 38.4 Å². The Labute approximate surface area is 116 Å². The Bertz CT molecular complexity index is 309. The highest BCUT2D eigenvalue weighted by atomic mass is 16.2. The van der Waals surface area contributed by atoms with Crippen LogP contribution in [-0.2, 0) is 0 Å². The molecule has 0 saturated carbocycles. The van der Waals surface area contributed by atoms with E-state index >= 15 is 0 Å². The number of carbonyl (C=O) groups excluding carboxylic acids is 1. The number of rotatable bonds is 5. The molecule has 1 saturated heterocycles. The minimum atomic E-state index is 0.113. The highest BCUT2D eigenvalue weighted by Crippen LogP contribution is 2.17. The van der Waals surface area contributed by atoms with Gasteiger partial charge in [0.25, 0.3) is 0 Å². The summed E-state index contributed by atoms with van der Waals surface area (Å²) >= 11 is 0. The number of nitrogens with one attached hydrogen (secondary N) is 1. The van der Waals surface area contributed by atoms with Gasteiger partial charge < -0.3 is 15.5 Å². The number of piperidine rings is 1. The Kier molecular flexibility index (Phi) is 6.12. The van der Waals surface area contributed by atoms with Crippen LogP contribution in [0.3, 0.4) is 0 Å². The summed E-state index contributed by atoms with van der Waals surface area (Å²) in [5.74, 6) is 1.30. The van der Waals surface area contributed by atoms with Crippen molar-refractivity contribution in [3.63, 3.8) is 0 Å². The third-order valence-electron chi connectivity index (χ3n) is 3.56. The van der Waals surface area contributed by atoms with Crippen molar-refractivity contribution in [1.29, 1.82) is 5.41 Å². The van der Waals surface area contributed by atoms with Gasteiger partial charge in [-0.05, 0) is 24.7 Å². The fraction of sp³-hybridized carbons (Fsp3) is 0.857. The van der Waals surface area contributed by atoms with E-state index in [1.807, 2.05) is 9.80 Å². The van der Waals surface area contributed by atoms with E-state index in [9.17, 15) is 4.79 Å². The zero-order valence-electron chi connectivity index (χ0n) is 12.5. The van der Waals surface area contributed by atoms with E-state index in [4.69, 9.17) is 11.1 Å². The highest BCUT2D eigenvalue weighted by molar-refractivity contribution is 5.79. The van der Waals surface area contributed by atoms with Crippen molar-refractivity contribution in [2.24, 2.45) is 17.6 Å². The van der Waals surface area contributed by atoms with Crippen LogP contribution in [0.2, 0.25) is 0 Å². The lowest BCUT2D eigenvalue weighted by molar-refractivity contribution is 0.131. The van der Waals surface area contributed by atoms with E-state index in [-0.39, 0.29) is 11.9 Å². The molecule has 5 heteroatoms. The molecule has 0 spiro atoms. The Hall–Kier alpha value is -1.26. The standard InChI is InChI=1S/C14H28N4O/c1-11(2)10-18(9-6-13(15)16)14(19)17-7-4-12(3)5-8-17/h11-12H,4-10H2,1-3H3,(H3,15,16). The zero-order valence-corrected chi connectivity index (χ0v) is 12.5. The molecule has 0 bridgehead atoms. The summed E-state index contributed by atoms with van der Waals surface area (Å²) in [7, 11) is 0. The summed E-state index contributed by atoms with van der Waals surface area (Å²) in [6, 6.07) is 0.113. The van der Waals surface area contributed by atoms with Gasteiger partial charge in [-0.2, -0.15) is 0 Å². The lowest BCUT2D eigenvalue weighted by atomic mass is 9.99. The van der Waals surface area contributed by atoms with Gasteiger partial charge in [0.05, 0.1) is 5.84 Å². The van der Waals surface area contributed by atoms with Gasteiger partial charge in [-0.3, -0.25) is 5.41 Å². The molecule has 2 amide bonds. The van der Waals surface area contributed by atoms with Crippen molar-refractivity contribution >= 4 is 11.9 Å². The van der Waals surface area contributed by atoms with Crippen LogP contribution in [0.15, 0.2) is 0 Å². The minimum Gasteiger partial charge on any atom is -0.388 e.